The molecule has 26 heavy (non-hydrogen) atoms. The predicted molar refractivity (Wildman–Crippen MR) is 108 cm³/mol. The summed E-state index contributed by atoms with van der Waals surface area (Å²) in [5.41, 5.74) is 4.27. The van der Waals surface area contributed by atoms with Gasteiger partial charge in [0.15, 0.2) is 0 Å². The van der Waals surface area contributed by atoms with Crippen molar-refractivity contribution in [3.63, 3.8) is 0 Å². The van der Waals surface area contributed by atoms with Gasteiger partial charge in [-0.05, 0) is 41.5 Å². The molecule has 0 radical (unpaired) electrons. The van der Waals surface area contributed by atoms with E-state index in [-0.39, 0.29) is 5.82 Å². The molecule has 2 heterocycles. The van der Waals surface area contributed by atoms with Crippen LogP contribution in [0.4, 0.5) is 4.39 Å². The van der Waals surface area contributed by atoms with Crippen molar-refractivity contribution in [2.24, 2.45) is 0 Å². The molecule has 0 N–H and O–H groups in total. The molecule has 0 saturated heterocycles. The van der Waals surface area contributed by atoms with Crippen LogP contribution in [0.15, 0.2) is 85.1 Å². The fourth-order valence-electron chi connectivity index (χ4n) is 3.34. The Morgan fingerprint density at radius 1 is 0.731 bits per heavy atom. The second kappa shape index (κ2) is 6.04. The normalized spacial score (nSPS) is 11.3. The summed E-state index contributed by atoms with van der Waals surface area (Å²) in [6, 6.07) is 25.5. The lowest BCUT2D eigenvalue weighted by Crippen LogP contribution is -1.81. The van der Waals surface area contributed by atoms with Crippen molar-refractivity contribution in [2.45, 2.75) is 0 Å². The molecule has 0 unspecified atom stereocenters. The number of rotatable bonds is 2. The van der Waals surface area contributed by atoms with E-state index in [1.807, 2.05) is 36.5 Å². The standard InChI is InChI=1S/C23H14FNS/c24-17-10-7-15(8-11-17)16-9-12-18-19-4-3-5-20(21-6-1-2-13-25-21)23(19)26-22(18)14-16/h1-14H. The summed E-state index contributed by atoms with van der Waals surface area (Å²) in [5.74, 6) is -0.211. The molecular formula is C23H14FNS. The number of fused-ring (bicyclic) bond motifs is 3. The Morgan fingerprint density at radius 3 is 2.38 bits per heavy atom. The zero-order valence-corrected chi connectivity index (χ0v) is 14.6. The molecule has 0 aliphatic heterocycles. The van der Waals surface area contributed by atoms with Gasteiger partial charge in [0.25, 0.3) is 0 Å². The lowest BCUT2D eigenvalue weighted by Gasteiger charge is -2.02. The van der Waals surface area contributed by atoms with Gasteiger partial charge < -0.3 is 0 Å². The molecule has 0 aliphatic rings. The molecule has 5 rings (SSSR count). The van der Waals surface area contributed by atoms with Gasteiger partial charge in [0.1, 0.15) is 5.82 Å². The second-order valence-electron chi connectivity index (χ2n) is 6.22. The van der Waals surface area contributed by atoms with Crippen molar-refractivity contribution in [1.82, 2.24) is 4.98 Å². The Labute approximate surface area is 154 Å². The van der Waals surface area contributed by atoms with Gasteiger partial charge in [0.2, 0.25) is 0 Å². The van der Waals surface area contributed by atoms with Gasteiger partial charge in [-0.15, -0.1) is 11.3 Å². The molecule has 3 aromatic carbocycles. The van der Waals surface area contributed by atoms with E-state index in [1.165, 1.54) is 32.3 Å². The quantitative estimate of drug-likeness (QED) is 0.335. The van der Waals surface area contributed by atoms with E-state index >= 15 is 0 Å². The van der Waals surface area contributed by atoms with Crippen LogP contribution in [-0.2, 0) is 0 Å². The van der Waals surface area contributed by atoms with Gasteiger partial charge in [-0.1, -0.05) is 48.5 Å². The summed E-state index contributed by atoms with van der Waals surface area (Å²) in [4.78, 5) is 4.51. The summed E-state index contributed by atoms with van der Waals surface area (Å²) in [6.07, 6.45) is 1.83. The highest BCUT2D eigenvalue weighted by atomic mass is 32.1. The first-order valence-electron chi connectivity index (χ1n) is 8.42. The van der Waals surface area contributed by atoms with Crippen molar-refractivity contribution in [1.29, 1.82) is 0 Å². The Balaban J connectivity index is 1.73. The summed E-state index contributed by atoms with van der Waals surface area (Å²) >= 11 is 1.78. The molecule has 3 heteroatoms. The number of halogens is 1. The molecule has 2 aromatic heterocycles. The molecule has 0 fully saturated rings. The van der Waals surface area contributed by atoms with Crippen molar-refractivity contribution in [2.75, 3.05) is 0 Å². The first-order chi connectivity index (χ1) is 12.8. The monoisotopic (exact) mass is 355 g/mol. The molecule has 5 aromatic rings. The fraction of sp³-hybridized carbons (Fsp3) is 0. The molecule has 0 saturated carbocycles. The topological polar surface area (TPSA) is 12.9 Å². The summed E-state index contributed by atoms with van der Waals surface area (Å²) in [6.45, 7) is 0. The molecule has 1 nitrogen and oxygen atoms in total. The first kappa shape index (κ1) is 15.2. The van der Waals surface area contributed by atoms with Crippen LogP contribution in [0.1, 0.15) is 0 Å². The van der Waals surface area contributed by atoms with Crippen molar-refractivity contribution in [3.8, 4) is 22.4 Å². The summed E-state index contributed by atoms with van der Waals surface area (Å²) in [7, 11) is 0. The lowest BCUT2D eigenvalue weighted by atomic mass is 10.0. The van der Waals surface area contributed by atoms with Crippen LogP contribution in [-0.4, -0.2) is 4.98 Å². The predicted octanol–water partition coefficient (Wildman–Crippen LogP) is 6.92. The van der Waals surface area contributed by atoms with Gasteiger partial charge in [-0.3, -0.25) is 4.98 Å². The Morgan fingerprint density at radius 2 is 1.58 bits per heavy atom. The zero-order chi connectivity index (χ0) is 17.5. The third-order valence-corrected chi connectivity index (χ3v) is 5.82. The minimum Gasteiger partial charge on any atom is -0.256 e. The minimum atomic E-state index is -0.211. The van der Waals surface area contributed by atoms with E-state index in [2.05, 4.69) is 41.4 Å². The highest BCUT2D eigenvalue weighted by molar-refractivity contribution is 7.26. The number of hydrogen-bond acceptors (Lipinski definition) is 2. The van der Waals surface area contributed by atoms with E-state index in [9.17, 15) is 4.39 Å². The van der Waals surface area contributed by atoms with Crippen LogP contribution in [0.5, 0.6) is 0 Å². The maximum Gasteiger partial charge on any atom is 0.123 e. The van der Waals surface area contributed by atoms with Gasteiger partial charge in [0.05, 0.1) is 5.69 Å². The third-order valence-electron chi connectivity index (χ3n) is 4.62. The third kappa shape index (κ3) is 2.49. The van der Waals surface area contributed by atoms with Gasteiger partial charge >= 0.3 is 0 Å². The first-order valence-corrected chi connectivity index (χ1v) is 9.24. The van der Waals surface area contributed by atoms with Crippen molar-refractivity contribution >= 4 is 31.5 Å². The van der Waals surface area contributed by atoms with Crippen LogP contribution in [0.25, 0.3) is 42.6 Å². The lowest BCUT2D eigenvalue weighted by molar-refractivity contribution is 0.628. The fourth-order valence-corrected chi connectivity index (χ4v) is 4.61. The highest BCUT2D eigenvalue weighted by Crippen LogP contribution is 2.40. The smallest absolute Gasteiger partial charge is 0.123 e. The molecular weight excluding hydrogens is 341 g/mol. The summed E-state index contributed by atoms with van der Waals surface area (Å²) < 4.78 is 15.7. The second-order valence-corrected chi connectivity index (χ2v) is 7.27. The van der Waals surface area contributed by atoms with E-state index in [4.69, 9.17) is 0 Å². The van der Waals surface area contributed by atoms with Gasteiger partial charge in [-0.2, -0.15) is 0 Å². The van der Waals surface area contributed by atoms with Crippen LogP contribution >= 0.6 is 11.3 Å². The van der Waals surface area contributed by atoms with E-state index in [1.54, 1.807) is 11.3 Å². The van der Waals surface area contributed by atoms with Crippen LogP contribution < -0.4 is 0 Å². The van der Waals surface area contributed by atoms with Gasteiger partial charge in [0, 0.05) is 31.9 Å². The molecule has 124 valence electrons. The Bertz CT molecular complexity index is 1220. The number of benzene rings is 3. The van der Waals surface area contributed by atoms with E-state index < -0.39 is 0 Å². The van der Waals surface area contributed by atoms with Crippen molar-refractivity contribution < 1.29 is 4.39 Å². The maximum atomic E-state index is 13.2. The molecule has 0 atom stereocenters. The number of hydrogen-bond donors (Lipinski definition) is 0. The van der Waals surface area contributed by atoms with Crippen molar-refractivity contribution in [3.05, 3.63) is 90.9 Å². The average Bonchev–Trinajstić information content (AvgIpc) is 3.07. The van der Waals surface area contributed by atoms with E-state index in [0.29, 0.717) is 0 Å². The number of nitrogens with zero attached hydrogens (tertiary/aromatic N) is 1. The SMILES string of the molecule is Fc1ccc(-c2ccc3c(c2)sc2c(-c4ccccn4)cccc23)cc1. The Hall–Kier alpha value is -3.04. The molecule has 0 bridgehead atoms. The molecule has 0 spiro atoms. The largest absolute Gasteiger partial charge is 0.256 e. The van der Waals surface area contributed by atoms with Crippen LogP contribution in [0.3, 0.4) is 0 Å². The number of thiophene rings is 1. The average molecular weight is 355 g/mol. The molecule has 0 amide bonds. The number of aromatic nitrogens is 1. The number of pyridine rings is 1. The minimum absolute atomic E-state index is 0.211. The van der Waals surface area contributed by atoms with Gasteiger partial charge in [-0.25, -0.2) is 4.39 Å². The maximum absolute atomic E-state index is 13.2. The van der Waals surface area contributed by atoms with Crippen LogP contribution in [0.2, 0.25) is 0 Å². The summed E-state index contributed by atoms with van der Waals surface area (Å²) in [5, 5.41) is 2.49. The highest BCUT2D eigenvalue weighted by Gasteiger charge is 2.11. The Kier molecular flexibility index (Phi) is 3.54. The zero-order valence-electron chi connectivity index (χ0n) is 13.8. The van der Waals surface area contributed by atoms with Crippen LogP contribution in [0, 0.1) is 5.82 Å². The molecule has 0 aliphatic carbocycles. The van der Waals surface area contributed by atoms with E-state index in [0.717, 1.165) is 22.4 Å².